The Balaban J connectivity index is 1.20. The van der Waals surface area contributed by atoms with E-state index in [-0.39, 0.29) is 0 Å². The van der Waals surface area contributed by atoms with Crippen molar-refractivity contribution < 1.29 is 4.42 Å². The molecule has 8 aromatic carbocycles. The first-order valence-electron chi connectivity index (χ1n) is 16.5. The van der Waals surface area contributed by atoms with Crippen LogP contribution in [-0.2, 0) is 0 Å². The van der Waals surface area contributed by atoms with Gasteiger partial charge in [-0.1, -0.05) is 146 Å². The summed E-state index contributed by atoms with van der Waals surface area (Å²) in [6.07, 6.45) is 0. The van der Waals surface area contributed by atoms with Gasteiger partial charge in [-0.3, -0.25) is 0 Å². The smallest absolute Gasteiger partial charge is 0.167 e. The Bertz CT molecular complexity index is 2780. The lowest BCUT2D eigenvalue weighted by Gasteiger charge is -2.12. The predicted molar refractivity (Wildman–Crippen MR) is 201 cm³/mol. The molecular formula is C45H27N3O. The molecule has 4 nitrogen and oxygen atoms in total. The summed E-state index contributed by atoms with van der Waals surface area (Å²) in [6, 6.07) is 56.9. The molecule has 0 fully saturated rings. The molecule has 10 aromatic rings. The Morgan fingerprint density at radius 3 is 1.45 bits per heavy atom. The van der Waals surface area contributed by atoms with Gasteiger partial charge < -0.3 is 4.42 Å². The molecule has 0 aliphatic heterocycles. The molecule has 0 aliphatic carbocycles. The summed E-state index contributed by atoms with van der Waals surface area (Å²) >= 11 is 0. The third kappa shape index (κ3) is 4.42. The first-order valence-corrected chi connectivity index (χ1v) is 16.5. The highest BCUT2D eigenvalue weighted by Crippen LogP contribution is 2.42. The maximum atomic E-state index is 6.71. The first kappa shape index (κ1) is 27.5. The number of fused-ring (bicyclic) bond motifs is 9. The lowest BCUT2D eigenvalue weighted by molar-refractivity contribution is 0.669. The van der Waals surface area contributed by atoms with Crippen LogP contribution >= 0.6 is 0 Å². The van der Waals surface area contributed by atoms with Crippen molar-refractivity contribution >= 4 is 54.3 Å². The van der Waals surface area contributed by atoms with Crippen LogP contribution in [0.1, 0.15) is 0 Å². The number of hydrogen-bond donors (Lipinski definition) is 0. The molecule has 0 amide bonds. The largest absolute Gasteiger partial charge is 0.455 e. The second kappa shape index (κ2) is 11.0. The van der Waals surface area contributed by atoms with Crippen LogP contribution in [0.25, 0.3) is 99.5 Å². The average molecular weight is 626 g/mol. The third-order valence-electron chi connectivity index (χ3n) is 9.52. The van der Waals surface area contributed by atoms with Crippen molar-refractivity contribution in [2.75, 3.05) is 0 Å². The Hall–Kier alpha value is -6.65. The monoisotopic (exact) mass is 625 g/mol. The Morgan fingerprint density at radius 1 is 0.327 bits per heavy atom. The fourth-order valence-electron chi connectivity index (χ4n) is 7.27. The quantitative estimate of drug-likeness (QED) is 0.183. The van der Waals surface area contributed by atoms with Crippen LogP contribution in [0.5, 0.6) is 0 Å². The van der Waals surface area contributed by atoms with E-state index in [0.717, 1.165) is 49.8 Å². The molecule has 0 atom stereocenters. The molecular weight excluding hydrogens is 599 g/mol. The molecule has 0 radical (unpaired) electrons. The van der Waals surface area contributed by atoms with Crippen molar-refractivity contribution in [2.24, 2.45) is 0 Å². The van der Waals surface area contributed by atoms with Gasteiger partial charge in [0.2, 0.25) is 0 Å². The maximum absolute atomic E-state index is 6.71. The van der Waals surface area contributed by atoms with Gasteiger partial charge in [-0.15, -0.1) is 0 Å². The van der Waals surface area contributed by atoms with Crippen LogP contribution in [0.4, 0.5) is 0 Å². The topological polar surface area (TPSA) is 51.8 Å². The first-order chi connectivity index (χ1) is 24.3. The molecule has 228 valence electrons. The number of para-hydroxylation sites is 1. The van der Waals surface area contributed by atoms with Gasteiger partial charge in [0.05, 0.1) is 5.56 Å². The van der Waals surface area contributed by atoms with Crippen molar-refractivity contribution in [3.63, 3.8) is 0 Å². The van der Waals surface area contributed by atoms with E-state index in [1.807, 2.05) is 72.8 Å². The maximum Gasteiger partial charge on any atom is 0.167 e. The van der Waals surface area contributed by atoms with E-state index in [9.17, 15) is 0 Å². The van der Waals surface area contributed by atoms with E-state index in [4.69, 9.17) is 19.4 Å². The number of nitrogens with zero attached hydrogens (tertiary/aromatic N) is 3. The molecule has 2 aromatic heterocycles. The lowest BCUT2D eigenvalue weighted by Crippen LogP contribution is -2.00. The molecule has 0 unspecified atom stereocenters. The SMILES string of the molecule is c1ccc(-c2nc(-c3ccccc3)nc(-c3cccc4c3oc3cccc(-c5ccc6c7ccccc7c7ccccc7c6c5)c34)n2)cc1. The molecule has 0 aliphatic rings. The van der Waals surface area contributed by atoms with Crippen molar-refractivity contribution in [2.45, 2.75) is 0 Å². The van der Waals surface area contributed by atoms with Crippen LogP contribution < -0.4 is 0 Å². The van der Waals surface area contributed by atoms with Gasteiger partial charge in [-0.25, -0.2) is 15.0 Å². The molecule has 4 heteroatoms. The van der Waals surface area contributed by atoms with Crippen LogP contribution in [0.2, 0.25) is 0 Å². The second-order valence-corrected chi connectivity index (χ2v) is 12.4. The Labute approximate surface area is 282 Å². The molecule has 0 spiro atoms. The van der Waals surface area contributed by atoms with Gasteiger partial charge >= 0.3 is 0 Å². The summed E-state index contributed by atoms with van der Waals surface area (Å²) in [5.74, 6) is 1.81. The van der Waals surface area contributed by atoms with Crippen molar-refractivity contribution in [1.29, 1.82) is 0 Å². The van der Waals surface area contributed by atoms with E-state index in [2.05, 4.69) is 91.0 Å². The zero-order chi connectivity index (χ0) is 32.3. The standard InChI is InChI=1S/C45H27N3O/c1-3-13-28(14-4-1)43-46-44(29-15-5-2-6-16-29)48-45(47-43)38-23-11-22-37-41-31(21-12-24-40(41)49-42(37)38)30-25-26-36-34-19-8-7-17-32(34)33-18-9-10-20-35(33)39(36)27-30/h1-27H. The average Bonchev–Trinajstić information content (AvgIpc) is 3.58. The number of aromatic nitrogens is 3. The normalized spacial score (nSPS) is 11.7. The summed E-state index contributed by atoms with van der Waals surface area (Å²) in [5, 5.41) is 9.65. The number of rotatable bonds is 4. The van der Waals surface area contributed by atoms with Crippen LogP contribution in [-0.4, -0.2) is 15.0 Å². The van der Waals surface area contributed by atoms with Crippen LogP contribution in [0.3, 0.4) is 0 Å². The van der Waals surface area contributed by atoms with E-state index >= 15 is 0 Å². The molecule has 0 bridgehead atoms. The molecule has 49 heavy (non-hydrogen) atoms. The second-order valence-electron chi connectivity index (χ2n) is 12.4. The van der Waals surface area contributed by atoms with Crippen LogP contribution in [0, 0.1) is 0 Å². The summed E-state index contributed by atoms with van der Waals surface area (Å²) in [5.41, 5.74) is 6.53. The zero-order valence-corrected chi connectivity index (χ0v) is 26.3. The highest BCUT2D eigenvalue weighted by atomic mass is 16.3. The highest BCUT2D eigenvalue weighted by Gasteiger charge is 2.20. The predicted octanol–water partition coefficient (Wildman–Crippen LogP) is 11.9. The van der Waals surface area contributed by atoms with E-state index in [0.29, 0.717) is 17.5 Å². The fourth-order valence-corrected chi connectivity index (χ4v) is 7.27. The van der Waals surface area contributed by atoms with Gasteiger partial charge in [0.15, 0.2) is 17.5 Å². The lowest BCUT2D eigenvalue weighted by atomic mass is 9.91. The van der Waals surface area contributed by atoms with Gasteiger partial charge in [0.1, 0.15) is 11.2 Å². The molecule has 0 N–H and O–H groups in total. The van der Waals surface area contributed by atoms with E-state index in [1.54, 1.807) is 0 Å². The van der Waals surface area contributed by atoms with Gasteiger partial charge in [0.25, 0.3) is 0 Å². The zero-order valence-electron chi connectivity index (χ0n) is 26.3. The molecule has 10 rings (SSSR count). The molecule has 2 heterocycles. The number of furan rings is 1. The summed E-state index contributed by atoms with van der Waals surface area (Å²) in [7, 11) is 0. The summed E-state index contributed by atoms with van der Waals surface area (Å²) < 4.78 is 6.71. The van der Waals surface area contributed by atoms with Gasteiger partial charge in [0, 0.05) is 21.9 Å². The van der Waals surface area contributed by atoms with Crippen molar-refractivity contribution in [3.8, 4) is 45.3 Å². The Morgan fingerprint density at radius 2 is 0.816 bits per heavy atom. The fraction of sp³-hybridized carbons (Fsp3) is 0. The third-order valence-corrected chi connectivity index (χ3v) is 9.52. The van der Waals surface area contributed by atoms with Crippen molar-refractivity contribution in [3.05, 3.63) is 164 Å². The van der Waals surface area contributed by atoms with E-state index < -0.39 is 0 Å². The molecule has 0 saturated carbocycles. The Kier molecular flexibility index (Phi) is 6.15. The van der Waals surface area contributed by atoms with Gasteiger partial charge in [-0.05, 0) is 61.6 Å². The highest BCUT2D eigenvalue weighted by molar-refractivity contribution is 6.26. The minimum absolute atomic E-state index is 0.572. The minimum Gasteiger partial charge on any atom is -0.455 e. The van der Waals surface area contributed by atoms with Crippen molar-refractivity contribution in [1.82, 2.24) is 15.0 Å². The number of benzene rings is 8. The van der Waals surface area contributed by atoms with Gasteiger partial charge in [-0.2, -0.15) is 0 Å². The number of hydrogen-bond acceptors (Lipinski definition) is 4. The summed E-state index contributed by atoms with van der Waals surface area (Å²) in [6.45, 7) is 0. The summed E-state index contributed by atoms with van der Waals surface area (Å²) in [4.78, 5) is 14.9. The van der Waals surface area contributed by atoms with E-state index in [1.165, 1.54) is 32.3 Å². The minimum atomic E-state index is 0.572. The molecule has 0 saturated heterocycles. The van der Waals surface area contributed by atoms with Crippen LogP contribution in [0.15, 0.2) is 168 Å².